The van der Waals surface area contributed by atoms with E-state index in [9.17, 15) is 4.79 Å². The second-order valence-corrected chi connectivity index (χ2v) is 5.02. The van der Waals surface area contributed by atoms with Crippen LogP contribution in [-0.2, 0) is 4.79 Å². The van der Waals surface area contributed by atoms with Crippen LogP contribution >= 0.6 is 0 Å². The van der Waals surface area contributed by atoms with Gasteiger partial charge >= 0.3 is 0 Å². The van der Waals surface area contributed by atoms with E-state index in [-0.39, 0.29) is 11.9 Å². The highest BCUT2D eigenvalue weighted by atomic mass is 16.5. The molecule has 1 unspecified atom stereocenters. The van der Waals surface area contributed by atoms with Crippen molar-refractivity contribution >= 4 is 17.3 Å². The monoisotopic (exact) mass is 263 g/mol. The van der Waals surface area contributed by atoms with Gasteiger partial charge in [-0.1, -0.05) is 0 Å². The second kappa shape index (κ2) is 5.93. The molecule has 1 aliphatic rings. The summed E-state index contributed by atoms with van der Waals surface area (Å²) in [7, 11) is 2.02. The predicted octanol–water partition coefficient (Wildman–Crippen LogP) is 1.58. The van der Waals surface area contributed by atoms with Gasteiger partial charge in [0.1, 0.15) is 12.4 Å². The van der Waals surface area contributed by atoms with Gasteiger partial charge in [0.2, 0.25) is 5.91 Å². The molecule has 2 rings (SSSR count). The summed E-state index contributed by atoms with van der Waals surface area (Å²) < 4.78 is 5.56. The van der Waals surface area contributed by atoms with E-state index in [2.05, 4.69) is 10.2 Å². The maximum absolute atomic E-state index is 11.8. The van der Waals surface area contributed by atoms with E-state index in [1.54, 1.807) is 0 Å². The SMILES string of the molecule is CC(N)CCC(=O)Nc1ccc2c(c1)N(C)CCO2. The van der Waals surface area contributed by atoms with Crippen molar-refractivity contribution in [1.82, 2.24) is 0 Å². The highest BCUT2D eigenvalue weighted by molar-refractivity contribution is 5.91. The van der Waals surface area contributed by atoms with Crippen LogP contribution in [0.5, 0.6) is 5.75 Å². The minimum Gasteiger partial charge on any atom is -0.490 e. The summed E-state index contributed by atoms with van der Waals surface area (Å²) in [5.74, 6) is 0.860. The van der Waals surface area contributed by atoms with E-state index >= 15 is 0 Å². The van der Waals surface area contributed by atoms with E-state index in [0.717, 1.165) is 23.7 Å². The summed E-state index contributed by atoms with van der Waals surface area (Å²) >= 11 is 0. The fraction of sp³-hybridized carbons (Fsp3) is 0.500. The van der Waals surface area contributed by atoms with E-state index in [4.69, 9.17) is 10.5 Å². The quantitative estimate of drug-likeness (QED) is 0.865. The molecule has 5 nitrogen and oxygen atoms in total. The number of benzene rings is 1. The Hall–Kier alpha value is -1.75. The van der Waals surface area contributed by atoms with Crippen LogP contribution < -0.4 is 20.7 Å². The number of carbonyl (C=O) groups is 1. The standard InChI is InChI=1S/C14H21N3O2/c1-10(15)3-6-14(18)16-11-4-5-13-12(9-11)17(2)7-8-19-13/h4-5,9-10H,3,6-8,15H2,1-2H3,(H,16,18). The number of likely N-dealkylation sites (N-methyl/N-ethyl adjacent to an activating group) is 1. The average Bonchev–Trinajstić information content (AvgIpc) is 2.37. The Morgan fingerprint density at radius 3 is 3.11 bits per heavy atom. The highest BCUT2D eigenvalue weighted by Gasteiger charge is 2.15. The van der Waals surface area contributed by atoms with Gasteiger partial charge in [0.05, 0.1) is 12.2 Å². The van der Waals surface area contributed by atoms with Crippen LogP contribution in [0.2, 0.25) is 0 Å². The molecule has 104 valence electrons. The van der Waals surface area contributed by atoms with Crippen molar-refractivity contribution in [2.75, 3.05) is 30.4 Å². The number of fused-ring (bicyclic) bond motifs is 1. The molecule has 3 N–H and O–H groups in total. The lowest BCUT2D eigenvalue weighted by atomic mass is 10.2. The number of anilines is 2. The molecule has 0 aromatic heterocycles. The third kappa shape index (κ3) is 3.61. The van der Waals surface area contributed by atoms with Crippen LogP contribution in [0.4, 0.5) is 11.4 Å². The van der Waals surface area contributed by atoms with Gasteiger partial charge in [0.25, 0.3) is 0 Å². The summed E-state index contributed by atoms with van der Waals surface area (Å²) in [6.45, 7) is 3.46. The number of nitrogens with two attached hydrogens (primary N) is 1. The first-order valence-corrected chi connectivity index (χ1v) is 6.59. The summed E-state index contributed by atoms with van der Waals surface area (Å²) in [6, 6.07) is 5.75. The average molecular weight is 263 g/mol. The van der Waals surface area contributed by atoms with E-state index in [1.807, 2.05) is 32.2 Å². The molecular weight excluding hydrogens is 242 g/mol. The summed E-state index contributed by atoms with van der Waals surface area (Å²) in [4.78, 5) is 13.9. The molecule has 5 heteroatoms. The Balaban J connectivity index is 2.01. The zero-order valence-electron chi connectivity index (χ0n) is 11.5. The summed E-state index contributed by atoms with van der Waals surface area (Å²) in [5, 5.41) is 2.89. The van der Waals surface area contributed by atoms with Crippen LogP contribution in [0.15, 0.2) is 18.2 Å². The fourth-order valence-corrected chi connectivity index (χ4v) is 2.01. The Labute approximate surface area is 113 Å². The van der Waals surface area contributed by atoms with Crippen LogP contribution in [0.25, 0.3) is 0 Å². The molecular formula is C14H21N3O2. The molecule has 1 amide bonds. The summed E-state index contributed by atoms with van der Waals surface area (Å²) in [5.41, 5.74) is 7.45. The smallest absolute Gasteiger partial charge is 0.224 e. The van der Waals surface area contributed by atoms with Gasteiger partial charge in [0.15, 0.2) is 0 Å². The molecule has 1 atom stereocenters. The summed E-state index contributed by atoms with van der Waals surface area (Å²) in [6.07, 6.45) is 1.14. The topological polar surface area (TPSA) is 67.6 Å². The molecule has 0 saturated carbocycles. The molecule has 1 aliphatic heterocycles. The van der Waals surface area contributed by atoms with Gasteiger partial charge in [0, 0.05) is 25.2 Å². The number of ether oxygens (including phenoxy) is 1. The second-order valence-electron chi connectivity index (χ2n) is 5.02. The molecule has 0 fully saturated rings. The van der Waals surface area contributed by atoms with Crippen molar-refractivity contribution in [3.8, 4) is 5.75 Å². The molecule has 0 radical (unpaired) electrons. The Bertz CT molecular complexity index is 460. The van der Waals surface area contributed by atoms with Gasteiger partial charge in [-0.05, 0) is 31.5 Å². The van der Waals surface area contributed by atoms with Crippen LogP contribution in [-0.4, -0.2) is 32.1 Å². The zero-order valence-corrected chi connectivity index (χ0v) is 11.5. The number of carbonyl (C=O) groups excluding carboxylic acids is 1. The fourth-order valence-electron chi connectivity index (χ4n) is 2.01. The lowest BCUT2D eigenvalue weighted by molar-refractivity contribution is -0.116. The van der Waals surface area contributed by atoms with Crippen molar-refractivity contribution < 1.29 is 9.53 Å². The zero-order chi connectivity index (χ0) is 13.8. The van der Waals surface area contributed by atoms with Crippen molar-refractivity contribution in [3.63, 3.8) is 0 Å². The number of hydrogen-bond donors (Lipinski definition) is 2. The van der Waals surface area contributed by atoms with Crippen LogP contribution in [0.3, 0.4) is 0 Å². The number of nitrogens with zero attached hydrogens (tertiary/aromatic N) is 1. The number of nitrogens with one attached hydrogen (secondary N) is 1. The largest absolute Gasteiger partial charge is 0.490 e. The lowest BCUT2D eigenvalue weighted by Crippen LogP contribution is -2.28. The van der Waals surface area contributed by atoms with Gasteiger partial charge in [-0.15, -0.1) is 0 Å². The third-order valence-corrected chi connectivity index (χ3v) is 3.16. The number of hydrogen-bond acceptors (Lipinski definition) is 4. The first-order chi connectivity index (χ1) is 9.06. The highest BCUT2D eigenvalue weighted by Crippen LogP contribution is 2.33. The van der Waals surface area contributed by atoms with Gasteiger partial charge in [-0.2, -0.15) is 0 Å². The van der Waals surface area contributed by atoms with Gasteiger partial charge < -0.3 is 20.7 Å². The molecule has 0 aliphatic carbocycles. The molecule has 1 heterocycles. The predicted molar refractivity (Wildman–Crippen MR) is 76.7 cm³/mol. The first-order valence-electron chi connectivity index (χ1n) is 6.59. The number of rotatable bonds is 4. The minimum absolute atomic E-state index is 0.00312. The van der Waals surface area contributed by atoms with Crippen molar-refractivity contribution in [1.29, 1.82) is 0 Å². The molecule has 0 bridgehead atoms. The maximum Gasteiger partial charge on any atom is 0.224 e. The van der Waals surface area contributed by atoms with Gasteiger partial charge in [-0.25, -0.2) is 0 Å². The van der Waals surface area contributed by atoms with E-state index in [0.29, 0.717) is 19.4 Å². The number of amides is 1. The Kier molecular flexibility index (Phi) is 4.27. The molecule has 1 aromatic rings. The molecule has 1 aromatic carbocycles. The van der Waals surface area contributed by atoms with Crippen LogP contribution in [0, 0.1) is 0 Å². The van der Waals surface area contributed by atoms with Gasteiger partial charge in [-0.3, -0.25) is 4.79 Å². The van der Waals surface area contributed by atoms with E-state index < -0.39 is 0 Å². The Morgan fingerprint density at radius 1 is 1.58 bits per heavy atom. The normalized spacial score (nSPS) is 15.4. The van der Waals surface area contributed by atoms with Crippen molar-refractivity contribution in [3.05, 3.63) is 18.2 Å². The Morgan fingerprint density at radius 2 is 2.37 bits per heavy atom. The van der Waals surface area contributed by atoms with Crippen molar-refractivity contribution in [2.45, 2.75) is 25.8 Å². The van der Waals surface area contributed by atoms with Crippen molar-refractivity contribution in [2.24, 2.45) is 5.73 Å². The van der Waals surface area contributed by atoms with E-state index in [1.165, 1.54) is 0 Å². The van der Waals surface area contributed by atoms with Crippen LogP contribution in [0.1, 0.15) is 19.8 Å². The molecule has 19 heavy (non-hydrogen) atoms. The third-order valence-electron chi connectivity index (χ3n) is 3.16. The molecule has 0 spiro atoms. The maximum atomic E-state index is 11.8. The first kappa shape index (κ1) is 13.7. The molecule has 0 saturated heterocycles. The minimum atomic E-state index is -0.00312. The lowest BCUT2D eigenvalue weighted by Gasteiger charge is -2.28.